The molecule has 2 aromatic rings. The van der Waals surface area contributed by atoms with Crippen LogP contribution < -0.4 is 4.74 Å². The van der Waals surface area contributed by atoms with Crippen LogP contribution in [0.4, 0.5) is 0 Å². The van der Waals surface area contributed by atoms with Crippen LogP contribution in [0.5, 0.6) is 11.5 Å². The number of likely N-dealkylation sites (tertiary alicyclic amines) is 1. The molecule has 2 aromatic carbocycles. The number of carbonyl (C=O) groups is 2. The molecule has 0 spiro atoms. The SMILES string of the molecule is CCN(CC)CCN1C(=O)C(=O)/C(=C(/O)c2ccc(OCC(C)C)cc2C)[C@@H]1c1ccc(O)cc1. The molecular weight excluding hydrogens is 444 g/mol. The highest BCUT2D eigenvalue weighted by Crippen LogP contribution is 2.40. The van der Waals surface area contributed by atoms with Gasteiger partial charge in [0, 0.05) is 18.7 Å². The predicted molar refractivity (Wildman–Crippen MR) is 136 cm³/mol. The fourth-order valence-electron chi connectivity index (χ4n) is 4.30. The number of phenolic OH excluding ortho intramolecular Hbond substituents is 1. The van der Waals surface area contributed by atoms with E-state index in [1.54, 1.807) is 24.3 Å². The number of aromatic hydroxyl groups is 1. The lowest BCUT2D eigenvalue weighted by Gasteiger charge is -2.28. The number of rotatable bonds is 10. The number of hydrogen-bond acceptors (Lipinski definition) is 6. The lowest BCUT2D eigenvalue weighted by molar-refractivity contribution is -0.140. The third kappa shape index (κ3) is 5.85. The van der Waals surface area contributed by atoms with Crippen LogP contribution in [0.2, 0.25) is 0 Å². The molecule has 1 atom stereocenters. The number of phenols is 1. The second-order valence-corrected chi connectivity index (χ2v) is 9.29. The van der Waals surface area contributed by atoms with Gasteiger partial charge in [-0.25, -0.2) is 0 Å². The van der Waals surface area contributed by atoms with Crippen LogP contribution in [0.3, 0.4) is 0 Å². The zero-order valence-electron chi connectivity index (χ0n) is 21.2. The first-order valence-corrected chi connectivity index (χ1v) is 12.2. The molecule has 1 heterocycles. The lowest BCUT2D eigenvalue weighted by atomic mass is 9.94. The van der Waals surface area contributed by atoms with E-state index in [1.165, 1.54) is 17.0 Å². The smallest absolute Gasteiger partial charge is 0.295 e. The summed E-state index contributed by atoms with van der Waals surface area (Å²) < 4.78 is 5.79. The summed E-state index contributed by atoms with van der Waals surface area (Å²) in [6.07, 6.45) is 0. The van der Waals surface area contributed by atoms with Gasteiger partial charge in [0.1, 0.15) is 17.3 Å². The minimum atomic E-state index is -0.748. The van der Waals surface area contributed by atoms with Crippen LogP contribution in [0.25, 0.3) is 5.76 Å². The Hall–Kier alpha value is -3.32. The Morgan fingerprint density at radius 2 is 1.74 bits per heavy atom. The number of Topliss-reactive ketones (excluding diaryl/α,β-unsaturated/α-hetero) is 1. The monoisotopic (exact) mass is 480 g/mol. The standard InChI is InChI=1S/C28H36N2O5/c1-6-29(7-2)14-15-30-25(20-8-10-21(31)11-9-20)24(27(33)28(30)34)26(32)23-13-12-22(16-19(23)5)35-17-18(3)4/h8-13,16,18,25,31-32H,6-7,14-15,17H2,1-5H3/b26-24+/t25-/m0/s1. The van der Waals surface area contributed by atoms with Gasteiger partial charge in [-0.15, -0.1) is 0 Å². The van der Waals surface area contributed by atoms with E-state index in [9.17, 15) is 19.8 Å². The molecule has 35 heavy (non-hydrogen) atoms. The van der Waals surface area contributed by atoms with E-state index < -0.39 is 17.7 Å². The number of nitrogens with zero attached hydrogens (tertiary/aromatic N) is 2. The van der Waals surface area contributed by atoms with Gasteiger partial charge in [0.25, 0.3) is 11.7 Å². The van der Waals surface area contributed by atoms with Crippen LogP contribution in [0.15, 0.2) is 48.0 Å². The first kappa shape index (κ1) is 26.3. The zero-order chi connectivity index (χ0) is 25.7. The fourth-order valence-corrected chi connectivity index (χ4v) is 4.30. The molecule has 0 aromatic heterocycles. The van der Waals surface area contributed by atoms with Gasteiger partial charge in [-0.2, -0.15) is 0 Å². The van der Waals surface area contributed by atoms with Crippen molar-refractivity contribution in [2.75, 3.05) is 32.8 Å². The number of ether oxygens (including phenoxy) is 1. The van der Waals surface area contributed by atoms with Gasteiger partial charge in [-0.05, 0) is 67.4 Å². The van der Waals surface area contributed by atoms with Crippen molar-refractivity contribution in [3.8, 4) is 11.5 Å². The molecule has 1 aliphatic rings. The molecular formula is C28H36N2O5. The summed E-state index contributed by atoms with van der Waals surface area (Å²) in [7, 11) is 0. The first-order chi connectivity index (χ1) is 16.7. The molecule has 2 N–H and O–H groups in total. The quantitative estimate of drug-likeness (QED) is 0.296. The molecule has 7 nitrogen and oxygen atoms in total. The second-order valence-electron chi connectivity index (χ2n) is 9.29. The molecule has 0 saturated carbocycles. The maximum Gasteiger partial charge on any atom is 0.295 e. The summed E-state index contributed by atoms with van der Waals surface area (Å²) in [5.74, 6) is -0.407. The van der Waals surface area contributed by atoms with Crippen molar-refractivity contribution >= 4 is 17.4 Å². The van der Waals surface area contributed by atoms with Gasteiger partial charge >= 0.3 is 0 Å². The van der Waals surface area contributed by atoms with E-state index in [0.29, 0.717) is 42.5 Å². The van der Waals surface area contributed by atoms with E-state index in [1.807, 2.05) is 26.8 Å². The average Bonchev–Trinajstić information content (AvgIpc) is 3.08. The maximum absolute atomic E-state index is 13.2. The molecule has 0 bridgehead atoms. The number of benzene rings is 2. The van der Waals surface area contributed by atoms with Crippen LogP contribution in [-0.2, 0) is 9.59 Å². The van der Waals surface area contributed by atoms with Gasteiger partial charge in [-0.3, -0.25) is 9.59 Å². The molecule has 1 saturated heterocycles. The maximum atomic E-state index is 13.2. The lowest BCUT2D eigenvalue weighted by Crippen LogP contribution is -2.38. The van der Waals surface area contributed by atoms with Gasteiger partial charge in [0.2, 0.25) is 0 Å². The van der Waals surface area contributed by atoms with Crippen molar-refractivity contribution in [3.05, 3.63) is 64.7 Å². The number of aliphatic hydroxyl groups is 1. The molecule has 7 heteroatoms. The van der Waals surface area contributed by atoms with Crippen molar-refractivity contribution in [3.63, 3.8) is 0 Å². The van der Waals surface area contributed by atoms with Gasteiger partial charge < -0.3 is 24.7 Å². The molecule has 0 aliphatic carbocycles. The van der Waals surface area contributed by atoms with Gasteiger partial charge in [-0.1, -0.05) is 39.8 Å². The van der Waals surface area contributed by atoms with Crippen molar-refractivity contribution in [2.24, 2.45) is 5.92 Å². The Morgan fingerprint density at radius 1 is 1.09 bits per heavy atom. The number of aliphatic hydroxyl groups excluding tert-OH is 1. The van der Waals surface area contributed by atoms with Crippen molar-refractivity contribution in [1.29, 1.82) is 0 Å². The molecule has 1 fully saturated rings. The Kier molecular flexibility index (Phi) is 8.57. The minimum Gasteiger partial charge on any atom is -0.508 e. The van der Waals surface area contributed by atoms with Crippen LogP contribution in [-0.4, -0.2) is 64.5 Å². The molecule has 1 amide bonds. The highest BCUT2D eigenvalue weighted by Gasteiger charge is 2.46. The summed E-state index contributed by atoms with van der Waals surface area (Å²) in [6, 6.07) is 11.0. The number of aryl methyl sites for hydroxylation is 1. The number of hydrogen-bond donors (Lipinski definition) is 2. The van der Waals surface area contributed by atoms with Crippen molar-refractivity contribution in [2.45, 2.75) is 40.7 Å². The Morgan fingerprint density at radius 3 is 2.31 bits per heavy atom. The summed E-state index contributed by atoms with van der Waals surface area (Å²) >= 11 is 0. The molecule has 0 radical (unpaired) electrons. The van der Waals surface area contributed by atoms with E-state index in [2.05, 4.69) is 18.7 Å². The highest BCUT2D eigenvalue weighted by molar-refractivity contribution is 6.46. The molecule has 188 valence electrons. The third-order valence-electron chi connectivity index (χ3n) is 6.34. The number of likely N-dealkylation sites (N-methyl/N-ethyl adjacent to an activating group) is 1. The summed E-state index contributed by atoms with van der Waals surface area (Å²) in [6.45, 7) is 13.2. The van der Waals surface area contributed by atoms with E-state index in [0.717, 1.165) is 18.7 Å². The van der Waals surface area contributed by atoms with Crippen LogP contribution in [0, 0.1) is 12.8 Å². The van der Waals surface area contributed by atoms with Crippen LogP contribution >= 0.6 is 0 Å². The van der Waals surface area contributed by atoms with Gasteiger partial charge in [0.05, 0.1) is 18.2 Å². The van der Waals surface area contributed by atoms with E-state index in [-0.39, 0.29) is 17.1 Å². The van der Waals surface area contributed by atoms with E-state index in [4.69, 9.17) is 4.74 Å². The normalized spacial score (nSPS) is 17.6. The second kappa shape index (κ2) is 11.4. The number of ketones is 1. The Balaban J connectivity index is 2.05. The minimum absolute atomic E-state index is 0.0548. The number of carbonyl (C=O) groups excluding carboxylic acids is 2. The van der Waals surface area contributed by atoms with E-state index >= 15 is 0 Å². The van der Waals surface area contributed by atoms with Crippen LogP contribution in [0.1, 0.15) is 50.4 Å². The third-order valence-corrected chi connectivity index (χ3v) is 6.34. The molecule has 0 unspecified atom stereocenters. The zero-order valence-corrected chi connectivity index (χ0v) is 21.2. The first-order valence-electron chi connectivity index (χ1n) is 12.2. The Bertz CT molecular complexity index is 1090. The van der Waals surface area contributed by atoms with Crippen molar-refractivity contribution in [1.82, 2.24) is 9.80 Å². The fraction of sp³-hybridized carbons (Fsp3) is 0.429. The summed E-state index contributed by atoms with van der Waals surface area (Å²) in [4.78, 5) is 30.0. The summed E-state index contributed by atoms with van der Waals surface area (Å²) in [5, 5.41) is 21.1. The Labute approximate surface area is 207 Å². The summed E-state index contributed by atoms with van der Waals surface area (Å²) in [5.41, 5.74) is 1.92. The predicted octanol–water partition coefficient (Wildman–Crippen LogP) is 4.50. The molecule has 3 rings (SSSR count). The van der Waals surface area contributed by atoms with Crippen molar-refractivity contribution < 1.29 is 24.5 Å². The molecule has 1 aliphatic heterocycles. The highest BCUT2D eigenvalue weighted by atomic mass is 16.5. The largest absolute Gasteiger partial charge is 0.508 e. The van der Waals surface area contributed by atoms with Gasteiger partial charge in [0.15, 0.2) is 0 Å². The average molecular weight is 481 g/mol. The number of amides is 1. The topological polar surface area (TPSA) is 90.3 Å².